The lowest BCUT2D eigenvalue weighted by atomic mass is 10.0. The van der Waals surface area contributed by atoms with Crippen molar-refractivity contribution in [3.8, 4) is 0 Å². The van der Waals surface area contributed by atoms with Gasteiger partial charge in [-0.25, -0.2) is 4.39 Å². The molecular weight excluding hydrogens is 258 g/mol. The molecule has 0 radical (unpaired) electrons. The fraction of sp³-hybridized carbons (Fsp3) is 0.571. The van der Waals surface area contributed by atoms with Crippen molar-refractivity contribution >= 4 is 0 Å². The monoisotopic (exact) mass is 277 g/mol. The van der Waals surface area contributed by atoms with Crippen LogP contribution in [0, 0.1) is 11.7 Å². The zero-order valence-electron chi connectivity index (χ0n) is 11.3. The fourth-order valence-electron chi connectivity index (χ4n) is 1.75. The molecule has 0 amide bonds. The lowest BCUT2D eigenvalue weighted by molar-refractivity contribution is -0.137. The predicted octanol–water partition coefficient (Wildman–Crippen LogP) is 4.37. The third-order valence-corrected chi connectivity index (χ3v) is 3.41. The van der Waals surface area contributed by atoms with Crippen LogP contribution in [0.5, 0.6) is 0 Å². The quantitative estimate of drug-likeness (QED) is 0.788. The summed E-state index contributed by atoms with van der Waals surface area (Å²) in [6.07, 6.45) is -3.54. The average molecular weight is 277 g/mol. The molecule has 108 valence electrons. The lowest BCUT2D eigenvalue weighted by Crippen LogP contribution is -2.31. The Balaban J connectivity index is 2.77. The maximum absolute atomic E-state index is 13.2. The summed E-state index contributed by atoms with van der Waals surface area (Å²) in [5.74, 6) is -0.446. The van der Waals surface area contributed by atoms with Gasteiger partial charge in [-0.1, -0.05) is 20.3 Å². The number of rotatable bonds is 5. The first kappa shape index (κ1) is 16.0. The summed E-state index contributed by atoms with van der Waals surface area (Å²) in [5.41, 5.74) is -0.636. The van der Waals surface area contributed by atoms with E-state index in [2.05, 4.69) is 12.2 Å². The summed E-state index contributed by atoms with van der Waals surface area (Å²) in [7, 11) is 0. The smallest absolute Gasteiger partial charge is 0.310 e. The van der Waals surface area contributed by atoms with Crippen molar-refractivity contribution in [2.24, 2.45) is 5.92 Å². The van der Waals surface area contributed by atoms with Gasteiger partial charge in [0, 0.05) is 12.6 Å². The van der Waals surface area contributed by atoms with Gasteiger partial charge in [0.2, 0.25) is 0 Å². The van der Waals surface area contributed by atoms with E-state index in [4.69, 9.17) is 0 Å². The number of benzene rings is 1. The van der Waals surface area contributed by atoms with Gasteiger partial charge in [-0.3, -0.25) is 0 Å². The molecule has 5 heteroatoms. The summed E-state index contributed by atoms with van der Waals surface area (Å²) in [6.45, 7) is 6.31. The highest BCUT2D eigenvalue weighted by molar-refractivity contribution is 5.26. The second kappa shape index (κ2) is 6.37. The second-order valence-corrected chi connectivity index (χ2v) is 4.90. The molecule has 0 bridgehead atoms. The van der Waals surface area contributed by atoms with Crippen molar-refractivity contribution in [3.63, 3.8) is 0 Å². The van der Waals surface area contributed by atoms with E-state index in [0.717, 1.165) is 18.6 Å². The third-order valence-electron chi connectivity index (χ3n) is 3.41. The Morgan fingerprint density at radius 1 is 1.16 bits per heavy atom. The molecular formula is C14H19F4N. The van der Waals surface area contributed by atoms with E-state index >= 15 is 0 Å². The summed E-state index contributed by atoms with van der Waals surface area (Å²) in [4.78, 5) is 0. The maximum Gasteiger partial charge on any atom is 0.416 e. The molecule has 1 aromatic carbocycles. The highest BCUT2D eigenvalue weighted by atomic mass is 19.4. The van der Waals surface area contributed by atoms with Crippen molar-refractivity contribution in [1.29, 1.82) is 0 Å². The Labute approximate surface area is 111 Å². The standard InChI is InChI=1S/C14H19F4N/c1-4-9(2)10(3)19-8-11-5-12(14(16,17)18)7-13(15)6-11/h5-7,9-10,19H,4,8H2,1-3H3. The van der Waals surface area contributed by atoms with Crippen LogP contribution >= 0.6 is 0 Å². The molecule has 0 saturated carbocycles. The first-order valence-corrected chi connectivity index (χ1v) is 6.34. The zero-order chi connectivity index (χ0) is 14.6. The van der Waals surface area contributed by atoms with Gasteiger partial charge in [0.05, 0.1) is 5.56 Å². The third kappa shape index (κ3) is 4.82. The summed E-state index contributed by atoms with van der Waals surface area (Å²) in [6, 6.07) is 2.80. The van der Waals surface area contributed by atoms with Crippen LogP contribution in [-0.4, -0.2) is 6.04 Å². The largest absolute Gasteiger partial charge is 0.416 e. The lowest BCUT2D eigenvalue weighted by Gasteiger charge is -2.20. The number of hydrogen-bond acceptors (Lipinski definition) is 1. The first-order valence-electron chi connectivity index (χ1n) is 6.34. The topological polar surface area (TPSA) is 12.0 Å². The molecule has 1 aromatic rings. The van der Waals surface area contributed by atoms with Crippen LogP contribution in [0.15, 0.2) is 18.2 Å². The van der Waals surface area contributed by atoms with Crippen LogP contribution in [0.25, 0.3) is 0 Å². The van der Waals surface area contributed by atoms with Crippen LogP contribution in [0.4, 0.5) is 17.6 Å². The van der Waals surface area contributed by atoms with Crippen LogP contribution in [0.3, 0.4) is 0 Å². The van der Waals surface area contributed by atoms with Crippen molar-refractivity contribution < 1.29 is 17.6 Å². The van der Waals surface area contributed by atoms with Gasteiger partial charge in [0.1, 0.15) is 5.82 Å². The highest BCUT2D eigenvalue weighted by Crippen LogP contribution is 2.30. The van der Waals surface area contributed by atoms with Crippen molar-refractivity contribution in [2.45, 2.75) is 46.0 Å². The molecule has 0 aliphatic rings. The van der Waals surface area contributed by atoms with Crippen LogP contribution in [0.2, 0.25) is 0 Å². The van der Waals surface area contributed by atoms with Gasteiger partial charge in [-0.15, -0.1) is 0 Å². The summed E-state index contributed by atoms with van der Waals surface area (Å²) >= 11 is 0. The van der Waals surface area contributed by atoms with E-state index in [1.165, 1.54) is 0 Å². The molecule has 0 aliphatic heterocycles. The molecule has 0 aliphatic carbocycles. The van der Waals surface area contributed by atoms with Crippen molar-refractivity contribution in [2.75, 3.05) is 0 Å². The number of nitrogens with one attached hydrogen (secondary N) is 1. The van der Waals surface area contributed by atoms with Crippen LogP contribution < -0.4 is 5.32 Å². The van der Waals surface area contributed by atoms with E-state index < -0.39 is 17.6 Å². The highest BCUT2D eigenvalue weighted by Gasteiger charge is 2.31. The van der Waals surface area contributed by atoms with E-state index in [-0.39, 0.29) is 12.6 Å². The van der Waals surface area contributed by atoms with E-state index in [0.29, 0.717) is 17.5 Å². The average Bonchev–Trinajstić information content (AvgIpc) is 2.33. The van der Waals surface area contributed by atoms with Gasteiger partial charge in [-0.05, 0) is 36.6 Å². The fourth-order valence-corrected chi connectivity index (χ4v) is 1.75. The Morgan fingerprint density at radius 2 is 1.79 bits per heavy atom. The Morgan fingerprint density at radius 3 is 2.32 bits per heavy atom. The molecule has 19 heavy (non-hydrogen) atoms. The summed E-state index contributed by atoms with van der Waals surface area (Å²) in [5, 5.41) is 3.12. The molecule has 0 fully saturated rings. The van der Waals surface area contributed by atoms with Gasteiger partial charge in [0.25, 0.3) is 0 Å². The zero-order valence-corrected chi connectivity index (χ0v) is 11.3. The number of halogens is 4. The van der Waals surface area contributed by atoms with Crippen LogP contribution in [0.1, 0.15) is 38.3 Å². The van der Waals surface area contributed by atoms with Crippen molar-refractivity contribution in [3.05, 3.63) is 35.1 Å². The van der Waals surface area contributed by atoms with E-state index in [1.54, 1.807) is 0 Å². The SMILES string of the molecule is CCC(C)C(C)NCc1cc(F)cc(C(F)(F)F)c1. The predicted molar refractivity (Wildman–Crippen MR) is 67.2 cm³/mol. The Kier molecular flexibility index (Phi) is 5.35. The maximum atomic E-state index is 13.2. The molecule has 1 N–H and O–H groups in total. The molecule has 2 unspecified atom stereocenters. The molecule has 0 aromatic heterocycles. The molecule has 1 rings (SSSR count). The van der Waals surface area contributed by atoms with Crippen molar-refractivity contribution in [1.82, 2.24) is 5.32 Å². The van der Waals surface area contributed by atoms with Crippen LogP contribution in [-0.2, 0) is 12.7 Å². The first-order chi connectivity index (χ1) is 8.74. The number of hydrogen-bond donors (Lipinski definition) is 1. The number of alkyl halides is 3. The minimum absolute atomic E-state index is 0.169. The molecule has 2 atom stereocenters. The van der Waals surface area contributed by atoms with Gasteiger partial charge < -0.3 is 5.32 Å². The molecule has 1 nitrogen and oxygen atoms in total. The van der Waals surface area contributed by atoms with Gasteiger partial charge >= 0.3 is 6.18 Å². The van der Waals surface area contributed by atoms with E-state index in [9.17, 15) is 17.6 Å². The molecule has 0 saturated heterocycles. The summed E-state index contributed by atoms with van der Waals surface area (Å²) < 4.78 is 50.8. The minimum atomic E-state index is -4.51. The van der Waals surface area contributed by atoms with Gasteiger partial charge in [-0.2, -0.15) is 13.2 Å². The van der Waals surface area contributed by atoms with E-state index in [1.807, 2.05) is 13.8 Å². The van der Waals surface area contributed by atoms with Gasteiger partial charge in [0.15, 0.2) is 0 Å². The normalized spacial score (nSPS) is 15.3. The Hall–Kier alpha value is -1.10. The Bertz CT molecular complexity index is 414. The molecule has 0 spiro atoms. The minimum Gasteiger partial charge on any atom is -0.310 e. The molecule has 0 heterocycles. The second-order valence-electron chi connectivity index (χ2n) is 4.90.